The molecule has 2 aromatic rings. The molecule has 4 heteroatoms. The SMILES string of the molecule is COc1ccc(-c2[nH]cnc2N)cc1C. The summed E-state index contributed by atoms with van der Waals surface area (Å²) in [6.45, 7) is 1.99. The Morgan fingerprint density at radius 1 is 1.40 bits per heavy atom. The Morgan fingerprint density at radius 2 is 2.20 bits per heavy atom. The molecular formula is C11H13N3O. The van der Waals surface area contributed by atoms with Gasteiger partial charge in [-0.05, 0) is 30.7 Å². The number of ether oxygens (including phenoxy) is 1. The summed E-state index contributed by atoms with van der Waals surface area (Å²) < 4.78 is 5.19. The fourth-order valence-electron chi connectivity index (χ4n) is 1.57. The fourth-order valence-corrected chi connectivity index (χ4v) is 1.57. The van der Waals surface area contributed by atoms with E-state index in [-0.39, 0.29) is 0 Å². The third kappa shape index (κ3) is 1.66. The number of aromatic amines is 1. The molecule has 1 aromatic carbocycles. The number of benzene rings is 1. The summed E-state index contributed by atoms with van der Waals surface area (Å²) in [6, 6.07) is 5.89. The van der Waals surface area contributed by atoms with Crippen LogP contribution in [0.2, 0.25) is 0 Å². The molecule has 0 amide bonds. The lowest BCUT2D eigenvalue weighted by molar-refractivity contribution is 0.412. The smallest absolute Gasteiger partial charge is 0.149 e. The van der Waals surface area contributed by atoms with Crippen molar-refractivity contribution in [2.75, 3.05) is 12.8 Å². The maximum absolute atomic E-state index is 5.72. The van der Waals surface area contributed by atoms with Crippen LogP contribution in [0.4, 0.5) is 5.82 Å². The molecule has 2 rings (SSSR count). The lowest BCUT2D eigenvalue weighted by atomic mass is 10.1. The Balaban J connectivity index is 2.47. The van der Waals surface area contributed by atoms with E-state index in [1.165, 1.54) is 0 Å². The second-order valence-corrected chi connectivity index (χ2v) is 3.35. The number of H-pyrrole nitrogens is 1. The van der Waals surface area contributed by atoms with Gasteiger partial charge in [0.2, 0.25) is 0 Å². The number of anilines is 1. The molecular weight excluding hydrogens is 190 g/mol. The van der Waals surface area contributed by atoms with Crippen LogP contribution in [0.5, 0.6) is 5.75 Å². The van der Waals surface area contributed by atoms with Crippen LogP contribution in [-0.4, -0.2) is 17.1 Å². The van der Waals surface area contributed by atoms with E-state index < -0.39 is 0 Å². The molecule has 0 unspecified atom stereocenters. The topological polar surface area (TPSA) is 63.9 Å². The first-order valence-electron chi connectivity index (χ1n) is 4.66. The summed E-state index contributed by atoms with van der Waals surface area (Å²) in [4.78, 5) is 6.97. The molecule has 0 radical (unpaired) electrons. The van der Waals surface area contributed by atoms with Crippen molar-refractivity contribution in [1.29, 1.82) is 0 Å². The Morgan fingerprint density at radius 3 is 2.73 bits per heavy atom. The summed E-state index contributed by atoms with van der Waals surface area (Å²) >= 11 is 0. The highest BCUT2D eigenvalue weighted by Crippen LogP contribution is 2.27. The van der Waals surface area contributed by atoms with E-state index in [9.17, 15) is 0 Å². The quantitative estimate of drug-likeness (QED) is 0.784. The molecule has 0 saturated carbocycles. The van der Waals surface area contributed by atoms with Crippen LogP contribution in [0.3, 0.4) is 0 Å². The molecule has 1 aromatic heterocycles. The van der Waals surface area contributed by atoms with Crippen molar-refractivity contribution in [3.63, 3.8) is 0 Å². The first kappa shape index (κ1) is 9.58. The minimum Gasteiger partial charge on any atom is -0.496 e. The molecule has 15 heavy (non-hydrogen) atoms. The maximum atomic E-state index is 5.72. The normalized spacial score (nSPS) is 10.3. The number of hydrogen-bond donors (Lipinski definition) is 2. The lowest BCUT2D eigenvalue weighted by Gasteiger charge is -2.06. The Kier molecular flexibility index (Phi) is 2.33. The molecule has 0 aliphatic rings. The highest BCUT2D eigenvalue weighted by Gasteiger charge is 2.06. The number of methoxy groups -OCH3 is 1. The first-order chi connectivity index (χ1) is 7.22. The van der Waals surface area contributed by atoms with Gasteiger partial charge in [-0.2, -0.15) is 0 Å². The molecule has 0 atom stereocenters. The summed E-state index contributed by atoms with van der Waals surface area (Å²) in [5.74, 6) is 1.39. The monoisotopic (exact) mass is 203 g/mol. The molecule has 0 aliphatic heterocycles. The van der Waals surface area contributed by atoms with E-state index in [0.717, 1.165) is 22.6 Å². The summed E-state index contributed by atoms with van der Waals surface area (Å²) in [7, 11) is 1.66. The summed E-state index contributed by atoms with van der Waals surface area (Å²) in [6.07, 6.45) is 1.59. The van der Waals surface area contributed by atoms with Gasteiger partial charge in [0.15, 0.2) is 0 Å². The average molecular weight is 203 g/mol. The molecule has 3 N–H and O–H groups in total. The van der Waals surface area contributed by atoms with Crippen LogP contribution in [-0.2, 0) is 0 Å². The van der Waals surface area contributed by atoms with Crippen molar-refractivity contribution in [3.05, 3.63) is 30.1 Å². The maximum Gasteiger partial charge on any atom is 0.149 e. The van der Waals surface area contributed by atoms with E-state index in [1.54, 1.807) is 13.4 Å². The van der Waals surface area contributed by atoms with Crippen molar-refractivity contribution >= 4 is 5.82 Å². The zero-order valence-electron chi connectivity index (χ0n) is 8.74. The third-order valence-corrected chi connectivity index (χ3v) is 2.35. The Labute approximate surface area is 88.1 Å². The Hall–Kier alpha value is -1.97. The van der Waals surface area contributed by atoms with Crippen LogP contribution in [0.25, 0.3) is 11.3 Å². The van der Waals surface area contributed by atoms with Crippen LogP contribution >= 0.6 is 0 Å². The zero-order chi connectivity index (χ0) is 10.8. The second-order valence-electron chi connectivity index (χ2n) is 3.35. The molecule has 0 bridgehead atoms. The number of nitrogens with two attached hydrogens (primary N) is 1. The van der Waals surface area contributed by atoms with Gasteiger partial charge in [0, 0.05) is 5.56 Å². The van der Waals surface area contributed by atoms with Gasteiger partial charge >= 0.3 is 0 Å². The van der Waals surface area contributed by atoms with Crippen molar-refractivity contribution < 1.29 is 4.74 Å². The largest absolute Gasteiger partial charge is 0.496 e. The fraction of sp³-hybridized carbons (Fsp3) is 0.182. The van der Waals surface area contributed by atoms with Gasteiger partial charge in [-0.3, -0.25) is 0 Å². The standard InChI is InChI=1S/C11H13N3O/c1-7-5-8(3-4-9(7)15-2)10-11(12)14-6-13-10/h3-6H,12H2,1-2H3,(H,13,14). The van der Waals surface area contributed by atoms with Gasteiger partial charge in [0.05, 0.1) is 19.1 Å². The van der Waals surface area contributed by atoms with E-state index in [0.29, 0.717) is 5.82 Å². The van der Waals surface area contributed by atoms with Gasteiger partial charge in [-0.1, -0.05) is 0 Å². The van der Waals surface area contributed by atoms with Gasteiger partial charge in [0.25, 0.3) is 0 Å². The second kappa shape index (κ2) is 3.65. The predicted octanol–water partition coefficient (Wildman–Crippen LogP) is 1.98. The first-order valence-corrected chi connectivity index (χ1v) is 4.66. The lowest BCUT2D eigenvalue weighted by Crippen LogP contribution is -1.91. The number of hydrogen-bond acceptors (Lipinski definition) is 3. The molecule has 1 heterocycles. The van der Waals surface area contributed by atoms with Gasteiger partial charge in [-0.15, -0.1) is 0 Å². The highest BCUT2D eigenvalue weighted by molar-refractivity contribution is 5.71. The molecule has 0 aliphatic carbocycles. The van der Waals surface area contributed by atoms with E-state index in [4.69, 9.17) is 10.5 Å². The number of nitrogen functional groups attached to an aromatic ring is 1. The van der Waals surface area contributed by atoms with E-state index in [1.807, 2.05) is 25.1 Å². The number of aryl methyl sites for hydroxylation is 1. The van der Waals surface area contributed by atoms with Crippen molar-refractivity contribution in [2.24, 2.45) is 0 Å². The van der Waals surface area contributed by atoms with Gasteiger partial charge in [-0.25, -0.2) is 4.98 Å². The summed E-state index contributed by atoms with van der Waals surface area (Å²) in [5, 5.41) is 0. The van der Waals surface area contributed by atoms with E-state index in [2.05, 4.69) is 9.97 Å². The van der Waals surface area contributed by atoms with Crippen LogP contribution in [0.1, 0.15) is 5.56 Å². The zero-order valence-corrected chi connectivity index (χ0v) is 8.74. The van der Waals surface area contributed by atoms with Crippen molar-refractivity contribution in [3.8, 4) is 17.0 Å². The molecule has 0 saturated heterocycles. The predicted molar refractivity (Wildman–Crippen MR) is 59.7 cm³/mol. The van der Waals surface area contributed by atoms with Crippen LogP contribution in [0, 0.1) is 6.92 Å². The van der Waals surface area contributed by atoms with Crippen LogP contribution < -0.4 is 10.5 Å². The molecule has 0 spiro atoms. The molecule has 4 nitrogen and oxygen atoms in total. The molecule has 78 valence electrons. The average Bonchev–Trinajstić information content (AvgIpc) is 2.64. The highest BCUT2D eigenvalue weighted by atomic mass is 16.5. The van der Waals surface area contributed by atoms with Gasteiger partial charge < -0.3 is 15.5 Å². The Bertz CT molecular complexity index is 476. The molecule has 0 fully saturated rings. The number of nitrogens with one attached hydrogen (secondary N) is 1. The third-order valence-electron chi connectivity index (χ3n) is 2.35. The minimum atomic E-state index is 0.513. The number of imidazole rings is 1. The van der Waals surface area contributed by atoms with Crippen LogP contribution in [0.15, 0.2) is 24.5 Å². The minimum absolute atomic E-state index is 0.513. The van der Waals surface area contributed by atoms with Crippen molar-refractivity contribution in [1.82, 2.24) is 9.97 Å². The van der Waals surface area contributed by atoms with Gasteiger partial charge in [0.1, 0.15) is 11.6 Å². The number of rotatable bonds is 2. The number of nitrogens with zero attached hydrogens (tertiary/aromatic N) is 1. The summed E-state index contributed by atoms with van der Waals surface area (Å²) in [5.41, 5.74) is 8.66. The number of aromatic nitrogens is 2. The van der Waals surface area contributed by atoms with Crippen molar-refractivity contribution in [2.45, 2.75) is 6.92 Å². The van der Waals surface area contributed by atoms with E-state index >= 15 is 0 Å².